The van der Waals surface area contributed by atoms with Crippen LogP contribution in [-0.4, -0.2) is 19.1 Å². The summed E-state index contributed by atoms with van der Waals surface area (Å²) in [5.41, 5.74) is -0.342. The van der Waals surface area contributed by atoms with E-state index in [4.69, 9.17) is 4.42 Å². The van der Waals surface area contributed by atoms with Gasteiger partial charge in [-0.05, 0) is 0 Å². The lowest BCUT2D eigenvalue weighted by atomic mass is 9.94. The van der Waals surface area contributed by atoms with Gasteiger partial charge in [0.15, 0.2) is 5.76 Å². The van der Waals surface area contributed by atoms with Crippen molar-refractivity contribution in [3.8, 4) is 0 Å². The van der Waals surface area contributed by atoms with E-state index in [0.717, 1.165) is 0 Å². The Kier molecular flexibility index (Phi) is 2.32. The molecule has 1 rings (SSSR count). The van der Waals surface area contributed by atoms with Gasteiger partial charge in [-0.3, -0.25) is 0 Å². The first-order valence-electron chi connectivity index (χ1n) is 4.16. The number of hydrogen-bond donors (Lipinski definition) is 0. The fourth-order valence-corrected chi connectivity index (χ4v) is 0.945. The number of hydrogen-bond acceptors (Lipinski definition) is 3. The fraction of sp³-hybridized carbons (Fsp3) is 0.667. The predicted molar refractivity (Wildman–Crippen MR) is 49.5 cm³/mol. The molecule has 0 bridgehead atoms. The summed E-state index contributed by atoms with van der Waals surface area (Å²) in [5, 5.41) is 0. The van der Waals surface area contributed by atoms with Gasteiger partial charge in [-0.25, -0.2) is 0 Å². The first-order valence-corrected chi connectivity index (χ1v) is 4.16. The second-order valence-electron chi connectivity index (χ2n) is 4.26. The van der Waals surface area contributed by atoms with Gasteiger partial charge >= 0.3 is 0 Å². The lowest BCUT2D eigenvalue weighted by Gasteiger charge is -2.13. The van der Waals surface area contributed by atoms with Gasteiger partial charge in [0.05, 0.1) is 0 Å². The van der Waals surface area contributed by atoms with Crippen LogP contribution in [0.5, 0.6) is 0 Å². The van der Waals surface area contributed by atoms with E-state index in [2.05, 4.69) is 4.98 Å². The zero-order chi connectivity index (χ0) is 10.2. The van der Waals surface area contributed by atoms with Crippen molar-refractivity contribution in [3.05, 3.63) is 11.7 Å². The van der Waals surface area contributed by atoms with Crippen LogP contribution in [-0.2, 0) is 5.41 Å². The van der Waals surface area contributed by atoms with Gasteiger partial charge in [0, 0.05) is 19.5 Å². The Morgan fingerprint density at radius 3 is 2.08 bits per heavy atom. The number of aromatic nitrogens is 1. The number of halogens is 1. The summed E-state index contributed by atoms with van der Waals surface area (Å²) in [6, 6.07) is 0.308. The highest BCUT2D eigenvalue weighted by Gasteiger charge is 2.25. The minimum Gasteiger partial charge on any atom is -0.425 e. The highest BCUT2D eigenvalue weighted by atomic mass is 19.1. The molecular weight excluding hydrogens is 171 g/mol. The van der Waals surface area contributed by atoms with Crippen molar-refractivity contribution in [2.24, 2.45) is 0 Å². The molecule has 0 aliphatic heterocycles. The molecule has 0 amide bonds. The second kappa shape index (κ2) is 3.01. The van der Waals surface area contributed by atoms with Crippen molar-refractivity contribution in [1.82, 2.24) is 4.98 Å². The molecule has 74 valence electrons. The summed E-state index contributed by atoms with van der Waals surface area (Å²) in [6.45, 7) is 5.65. The van der Waals surface area contributed by atoms with Gasteiger partial charge in [0.25, 0.3) is 12.0 Å². The van der Waals surface area contributed by atoms with Crippen LogP contribution in [0.1, 0.15) is 26.5 Å². The Balaban J connectivity index is 3.11. The smallest absolute Gasteiger partial charge is 0.299 e. The molecule has 0 saturated heterocycles. The molecular formula is C9H15FN2O. The van der Waals surface area contributed by atoms with Crippen LogP contribution in [0.2, 0.25) is 0 Å². The van der Waals surface area contributed by atoms with E-state index in [1.807, 2.05) is 20.8 Å². The first-order chi connectivity index (χ1) is 5.82. The van der Waals surface area contributed by atoms with E-state index in [1.165, 1.54) is 0 Å². The lowest BCUT2D eigenvalue weighted by molar-refractivity contribution is 0.384. The molecule has 1 aromatic heterocycles. The van der Waals surface area contributed by atoms with E-state index in [9.17, 15) is 4.39 Å². The largest absolute Gasteiger partial charge is 0.425 e. The van der Waals surface area contributed by atoms with E-state index in [0.29, 0.717) is 11.8 Å². The second-order valence-corrected chi connectivity index (χ2v) is 4.26. The van der Waals surface area contributed by atoms with Crippen LogP contribution >= 0.6 is 0 Å². The quantitative estimate of drug-likeness (QED) is 0.673. The van der Waals surface area contributed by atoms with Crippen molar-refractivity contribution in [2.45, 2.75) is 26.2 Å². The van der Waals surface area contributed by atoms with E-state index >= 15 is 0 Å². The minimum absolute atomic E-state index is 0.302. The van der Waals surface area contributed by atoms with Crippen molar-refractivity contribution in [3.63, 3.8) is 0 Å². The first kappa shape index (κ1) is 10.0. The molecule has 0 unspecified atom stereocenters. The molecule has 0 fully saturated rings. The summed E-state index contributed by atoms with van der Waals surface area (Å²) < 4.78 is 18.5. The molecule has 13 heavy (non-hydrogen) atoms. The Morgan fingerprint density at radius 1 is 1.31 bits per heavy atom. The van der Waals surface area contributed by atoms with Crippen LogP contribution < -0.4 is 4.90 Å². The number of nitrogens with zero attached hydrogens (tertiary/aromatic N) is 2. The SMILES string of the molecule is CN(C)c1nc(F)c(C(C)(C)C)o1. The maximum absolute atomic E-state index is 13.2. The number of oxazole rings is 1. The number of rotatable bonds is 1. The molecule has 4 heteroatoms. The molecule has 0 atom stereocenters. The minimum atomic E-state index is -0.517. The summed E-state index contributed by atoms with van der Waals surface area (Å²) in [6.07, 6.45) is 0. The lowest BCUT2D eigenvalue weighted by Crippen LogP contribution is -2.12. The van der Waals surface area contributed by atoms with Gasteiger partial charge < -0.3 is 9.32 Å². The Labute approximate surface area is 77.6 Å². The number of anilines is 1. The summed E-state index contributed by atoms with van der Waals surface area (Å²) in [7, 11) is 3.52. The van der Waals surface area contributed by atoms with Crippen molar-refractivity contribution in [2.75, 3.05) is 19.0 Å². The molecule has 3 nitrogen and oxygen atoms in total. The molecule has 1 heterocycles. The van der Waals surface area contributed by atoms with Crippen molar-refractivity contribution in [1.29, 1.82) is 0 Å². The summed E-state index contributed by atoms with van der Waals surface area (Å²) in [5.74, 6) is -0.215. The van der Waals surface area contributed by atoms with Crippen molar-refractivity contribution >= 4 is 6.01 Å². The maximum Gasteiger partial charge on any atom is 0.299 e. The molecule has 0 N–H and O–H groups in total. The monoisotopic (exact) mass is 186 g/mol. The third-order valence-corrected chi connectivity index (χ3v) is 1.64. The van der Waals surface area contributed by atoms with Crippen LogP contribution in [0, 0.1) is 5.95 Å². The molecule has 0 spiro atoms. The summed E-state index contributed by atoms with van der Waals surface area (Å²) >= 11 is 0. The fourth-order valence-electron chi connectivity index (χ4n) is 0.945. The molecule has 0 radical (unpaired) electrons. The third kappa shape index (κ3) is 1.99. The molecule has 0 aromatic carbocycles. The predicted octanol–water partition coefficient (Wildman–Crippen LogP) is 2.18. The zero-order valence-electron chi connectivity index (χ0n) is 8.68. The average molecular weight is 186 g/mol. The standard InChI is InChI=1S/C9H15FN2O/c1-9(2,3)6-7(10)11-8(13-6)12(4)5/h1-5H3. The van der Waals surface area contributed by atoms with E-state index in [-0.39, 0.29) is 5.41 Å². The van der Waals surface area contributed by atoms with Crippen LogP contribution in [0.3, 0.4) is 0 Å². The van der Waals surface area contributed by atoms with Gasteiger partial charge in [-0.2, -0.15) is 9.37 Å². The van der Waals surface area contributed by atoms with Gasteiger partial charge in [-0.15, -0.1) is 0 Å². The van der Waals surface area contributed by atoms with Gasteiger partial charge in [0.1, 0.15) is 0 Å². The van der Waals surface area contributed by atoms with Gasteiger partial charge in [0.2, 0.25) is 0 Å². The average Bonchev–Trinajstić information content (AvgIpc) is 2.29. The topological polar surface area (TPSA) is 29.3 Å². The van der Waals surface area contributed by atoms with Crippen LogP contribution in [0.15, 0.2) is 4.42 Å². The highest BCUT2D eigenvalue weighted by Crippen LogP contribution is 2.28. The van der Waals surface area contributed by atoms with E-state index < -0.39 is 5.95 Å². The Bertz CT molecular complexity index is 299. The van der Waals surface area contributed by atoms with Crippen molar-refractivity contribution < 1.29 is 8.81 Å². The normalized spacial score (nSPS) is 11.8. The highest BCUT2D eigenvalue weighted by molar-refractivity contribution is 5.25. The molecule has 0 aliphatic carbocycles. The zero-order valence-corrected chi connectivity index (χ0v) is 8.68. The molecule has 0 aliphatic rings. The molecule has 1 aromatic rings. The summed E-state index contributed by atoms with van der Waals surface area (Å²) in [4.78, 5) is 5.31. The Hall–Kier alpha value is -1.06. The molecule has 0 saturated carbocycles. The van der Waals surface area contributed by atoms with Gasteiger partial charge in [-0.1, -0.05) is 20.8 Å². The Morgan fingerprint density at radius 2 is 1.85 bits per heavy atom. The van der Waals surface area contributed by atoms with Crippen LogP contribution in [0.25, 0.3) is 0 Å². The third-order valence-electron chi connectivity index (χ3n) is 1.64. The maximum atomic E-state index is 13.2. The van der Waals surface area contributed by atoms with Crippen LogP contribution in [0.4, 0.5) is 10.4 Å². The van der Waals surface area contributed by atoms with E-state index in [1.54, 1.807) is 19.0 Å².